The highest BCUT2D eigenvalue weighted by Crippen LogP contribution is 2.58. The van der Waals surface area contributed by atoms with Crippen LogP contribution in [-0.4, -0.2) is 65.4 Å². The summed E-state index contributed by atoms with van der Waals surface area (Å²) in [7, 11) is -2.31. The summed E-state index contributed by atoms with van der Waals surface area (Å²) in [5, 5.41) is 14.7. The standard InChI is InChI=1S/C33H28Cl2F7N7O3S/c1-49-28-18(4-7-21(34)26(28)31(47-49)48-53(2,51)52)17-5-8-23(35)46-27(17)22(11-14-9-15(36)12-16(37)10-14)45-24(50)13-44-30-25(29(43)33(40,41)42)19-3-6-20(19)32(30,38)39/h4-5,7-10,12,19-20,22,25,43H,3,6,11,13H2,1-2H3,(H,45,50)(H,47,48). The van der Waals surface area contributed by atoms with Gasteiger partial charge in [0.2, 0.25) is 15.9 Å². The summed E-state index contributed by atoms with van der Waals surface area (Å²) in [4.78, 5) is 21.6. The predicted molar refractivity (Wildman–Crippen MR) is 184 cm³/mol. The molecule has 53 heavy (non-hydrogen) atoms. The van der Waals surface area contributed by atoms with Crippen molar-refractivity contribution in [1.29, 1.82) is 5.41 Å². The van der Waals surface area contributed by atoms with Crippen LogP contribution >= 0.6 is 23.2 Å². The van der Waals surface area contributed by atoms with Crippen LogP contribution in [0.25, 0.3) is 22.0 Å². The van der Waals surface area contributed by atoms with Crippen LogP contribution < -0.4 is 10.0 Å². The lowest BCUT2D eigenvalue weighted by molar-refractivity contribution is -0.120. The summed E-state index contributed by atoms with van der Waals surface area (Å²) in [6, 6.07) is 7.15. The first-order valence-corrected chi connectivity index (χ1v) is 18.4. The van der Waals surface area contributed by atoms with Crippen LogP contribution in [0.3, 0.4) is 0 Å². The molecule has 0 aliphatic heterocycles. The largest absolute Gasteiger partial charge is 0.429 e. The molecule has 4 atom stereocenters. The average Bonchev–Trinajstić information content (AvgIpc) is 3.40. The molecule has 2 heterocycles. The van der Waals surface area contributed by atoms with E-state index < -0.39 is 81.4 Å². The van der Waals surface area contributed by atoms with E-state index in [2.05, 4.69) is 25.1 Å². The van der Waals surface area contributed by atoms with E-state index in [1.807, 2.05) is 0 Å². The second-order valence-electron chi connectivity index (χ2n) is 12.9. The number of nitrogens with zero attached hydrogens (tertiary/aromatic N) is 4. The number of hydrogen-bond donors (Lipinski definition) is 3. The van der Waals surface area contributed by atoms with Crippen LogP contribution in [-0.2, 0) is 28.3 Å². The third-order valence-corrected chi connectivity index (χ3v) is 10.4. The van der Waals surface area contributed by atoms with Gasteiger partial charge in [0.15, 0.2) is 5.82 Å². The van der Waals surface area contributed by atoms with Gasteiger partial charge in [0.1, 0.15) is 29.0 Å². The molecule has 2 fully saturated rings. The number of benzene rings is 2. The normalized spacial score (nSPS) is 21.0. The lowest BCUT2D eigenvalue weighted by atomic mass is 9.71. The Morgan fingerprint density at radius 2 is 1.75 bits per heavy atom. The minimum absolute atomic E-state index is 0.00779. The predicted octanol–water partition coefficient (Wildman–Crippen LogP) is 7.31. The van der Waals surface area contributed by atoms with Gasteiger partial charge in [0.25, 0.3) is 5.92 Å². The van der Waals surface area contributed by atoms with Gasteiger partial charge in [0.05, 0.1) is 45.5 Å². The third kappa shape index (κ3) is 7.58. The van der Waals surface area contributed by atoms with E-state index in [1.54, 1.807) is 6.07 Å². The molecule has 1 amide bonds. The third-order valence-electron chi connectivity index (χ3n) is 9.30. The van der Waals surface area contributed by atoms with E-state index in [-0.39, 0.29) is 57.5 Å². The van der Waals surface area contributed by atoms with Crippen LogP contribution in [0.1, 0.15) is 30.1 Å². The molecule has 2 aromatic heterocycles. The SMILES string of the molecule is Cn1nc(NS(C)(=O)=O)c2c(Cl)ccc(-c3ccc(Cl)nc3C(Cc3cc(F)cc(F)c3)NC(=O)CN=C3C(C(=N)C(F)(F)F)C4CCC4C3(F)F)c21. The van der Waals surface area contributed by atoms with Gasteiger partial charge in [-0.3, -0.25) is 24.6 Å². The number of aryl methyl sites for hydroxylation is 1. The highest BCUT2D eigenvalue weighted by Gasteiger charge is 2.67. The summed E-state index contributed by atoms with van der Waals surface area (Å²) >= 11 is 12.8. The first kappa shape index (κ1) is 38.4. The van der Waals surface area contributed by atoms with Crippen molar-refractivity contribution in [2.75, 3.05) is 17.5 Å². The van der Waals surface area contributed by atoms with E-state index in [0.717, 1.165) is 18.4 Å². The molecule has 2 aliphatic carbocycles. The molecule has 4 unspecified atom stereocenters. The Labute approximate surface area is 307 Å². The number of sulfonamides is 1. The fourth-order valence-electron chi connectivity index (χ4n) is 7.07. The Kier molecular flexibility index (Phi) is 10.0. The number of amides is 1. The summed E-state index contributed by atoms with van der Waals surface area (Å²) in [6.45, 7) is -1.08. The summed E-state index contributed by atoms with van der Waals surface area (Å²) in [5.41, 5.74) is -2.20. The number of anilines is 1. The molecule has 2 saturated carbocycles. The Bertz CT molecular complexity index is 2280. The summed E-state index contributed by atoms with van der Waals surface area (Å²) in [6.07, 6.45) is -4.68. The quantitative estimate of drug-likeness (QED) is 0.0876. The molecular formula is C33H28Cl2F7N7O3S. The minimum atomic E-state index is -5.20. The second-order valence-corrected chi connectivity index (χ2v) is 15.4. The Morgan fingerprint density at radius 1 is 1.09 bits per heavy atom. The van der Waals surface area contributed by atoms with Crippen LogP contribution in [0.4, 0.5) is 36.6 Å². The fourth-order valence-corrected chi connectivity index (χ4v) is 7.96. The summed E-state index contributed by atoms with van der Waals surface area (Å²) < 4.78 is 128. The van der Waals surface area contributed by atoms with Crippen molar-refractivity contribution in [3.8, 4) is 11.1 Å². The van der Waals surface area contributed by atoms with Gasteiger partial charge >= 0.3 is 6.18 Å². The van der Waals surface area contributed by atoms with E-state index in [1.165, 1.54) is 29.9 Å². The molecular weight excluding hydrogens is 778 g/mol. The lowest BCUT2D eigenvalue weighted by Gasteiger charge is -2.34. The maximum Gasteiger partial charge on any atom is 0.429 e. The fraction of sp³-hybridized carbons (Fsp3) is 0.364. The first-order valence-electron chi connectivity index (χ1n) is 15.8. The number of alkyl halides is 5. The molecule has 2 aromatic carbocycles. The molecule has 0 spiro atoms. The van der Waals surface area contributed by atoms with Crippen molar-refractivity contribution in [2.24, 2.45) is 29.8 Å². The zero-order valence-corrected chi connectivity index (χ0v) is 29.8. The molecule has 282 valence electrons. The van der Waals surface area contributed by atoms with Crippen molar-refractivity contribution in [1.82, 2.24) is 20.1 Å². The van der Waals surface area contributed by atoms with Gasteiger partial charge in [-0.15, -0.1) is 0 Å². The number of nitrogens with one attached hydrogen (secondary N) is 3. The highest BCUT2D eigenvalue weighted by atomic mass is 35.5. The van der Waals surface area contributed by atoms with Crippen molar-refractivity contribution in [3.05, 3.63) is 75.5 Å². The number of aliphatic imine (C=N–C) groups is 1. The van der Waals surface area contributed by atoms with Crippen LogP contribution in [0.2, 0.25) is 10.2 Å². The van der Waals surface area contributed by atoms with E-state index >= 15 is 8.78 Å². The Hall–Kier alpha value is -4.29. The number of carbonyl (C=O) groups excluding carboxylic acids is 1. The molecule has 10 nitrogen and oxygen atoms in total. The zero-order valence-electron chi connectivity index (χ0n) is 27.5. The monoisotopic (exact) mass is 805 g/mol. The van der Waals surface area contributed by atoms with Gasteiger partial charge in [0, 0.05) is 30.2 Å². The lowest BCUT2D eigenvalue weighted by Crippen LogP contribution is -2.39. The second kappa shape index (κ2) is 13.8. The molecule has 4 aromatic rings. The van der Waals surface area contributed by atoms with Crippen LogP contribution in [0, 0.1) is 34.8 Å². The van der Waals surface area contributed by atoms with Crippen molar-refractivity contribution in [3.63, 3.8) is 0 Å². The minimum Gasteiger partial charge on any atom is -0.346 e. The van der Waals surface area contributed by atoms with Gasteiger partial charge in [-0.2, -0.15) is 27.1 Å². The van der Waals surface area contributed by atoms with Gasteiger partial charge < -0.3 is 5.32 Å². The number of carbonyl (C=O) groups is 1. The molecule has 0 radical (unpaired) electrons. The smallest absolute Gasteiger partial charge is 0.346 e. The Balaban J connectivity index is 1.43. The molecule has 0 saturated heterocycles. The van der Waals surface area contributed by atoms with Gasteiger partial charge in [-0.05, 0) is 61.1 Å². The highest BCUT2D eigenvalue weighted by molar-refractivity contribution is 7.92. The van der Waals surface area contributed by atoms with E-state index in [9.17, 15) is 35.2 Å². The number of hydrogen-bond acceptors (Lipinski definition) is 7. The number of halogens is 9. The van der Waals surface area contributed by atoms with E-state index in [0.29, 0.717) is 17.1 Å². The van der Waals surface area contributed by atoms with Gasteiger partial charge in [-0.1, -0.05) is 29.3 Å². The molecule has 2 aliphatic rings. The van der Waals surface area contributed by atoms with Gasteiger partial charge in [-0.25, -0.2) is 22.2 Å². The zero-order chi connectivity index (χ0) is 38.8. The number of rotatable bonds is 10. The topological polar surface area (TPSA) is 142 Å². The van der Waals surface area contributed by atoms with Crippen LogP contribution in [0.5, 0.6) is 0 Å². The van der Waals surface area contributed by atoms with Crippen molar-refractivity contribution < 1.29 is 43.9 Å². The van der Waals surface area contributed by atoms with Crippen LogP contribution in [0.15, 0.2) is 47.5 Å². The molecule has 3 N–H and O–H groups in total. The van der Waals surface area contributed by atoms with Crippen molar-refractivity contribution >= 4 is 67.3 Å². The maximum atomic E-state index is 15.3. The molecule has 0 bridgehead atoms. The number of pyridine rings is 1. The molecule has 6 rings (SSSR count). The first-order chi connectivity index (χ1) is 24.7. The number of aromatic nitrogens is 3. The van der Waals surface area contributed by atoms with E-state index in [4.69, 9.17) is 28.6 Å². The summed E-state index contributed by atoms with van der Waals surface area (Å²) in [5.74, 6) is -11.5. The number of fused-ring (bicyclic) bond motifs is 2. The maximum absolute atomic E-state index is 15.3. The average molecular weight is 807 g/mol. The van der Waals surface area contributed by atoms with Crippen molar-refractivity contribution in [2.45, 2.75) is 37.4 Å². The Morgan fingerprint density at radius 3 is 2.36 bits per heavy atom. The molecule has 20 heteroatoms.